The van der Waals surface area contributed by atoms with Crippen LogP contribution in [0.25, 0.3) is 28.0 Å². The molecule has 4 rings (SSSR count). The molecule has 0 spiro atoms. The van der Waals surface area contributed by atoms with Crippen molar-refractivity contribution in [2.75, 3.05) is 0 Å². The van der Waals surface area contributed by atoms with E-state index in [0.717, 1.165) is 39.3 Å². The van der Waals surface area contributed by atoms with Gasteiger partial charge in [0.1, 0.15) is 22.6 Å². The topological polar surface area (TPSA) is 48.7 Å². The van der Waals surface area contributed by atoms with Crippen molar-refractivity contribution >= 4 is 5.65 Å². The third-order valence-electron chi connectivity index (χ3n) is 4.89. The van der Waals surface area contributed by atoms with E-state index in [1.54, 1.807) is 0 Å². The van der Waals surface area contributed by atoms with Gasteiger partial charge in [0.05, 0.1) is 11.9 Å². The zero-order valence-electron chi connectivity index (χ0n) is 19.9. The second kappa shape index (κ2) is 7.97. The molecular formula is C27H31N3O2. The normalized spacial score (nSPS) is 12.2. The first-order valence-corrected chi connectivity index (χ1v) is 10.9. The van der Waals surface area contributed by atoms with Crippen molar-refractivity contribution in [1.29, 1.82) is 0 Å². The van der Waals surface area contributed by atoms with Crippen molar-refractivity contribution in [1.82, 2.24) is 14.4 Å². The Labute approximate surface area is 190 Å². The average molecular weight is 430 g/mol. The lowest BCUT2D eigenvalue weighted by Crippen LogP contribution is -2.23. The van der Waals surface area contributed by atoms with Crippen LogP contribution in [0.5, 0.6) is 11.6 Å². The summed E-state index contributed by atoms with van der Waals surface area (Å²) in [6.07, 6.45) is 5.91. The van der Waals surface area contributed by atoms with E-state index >= 15 is 0 Å². The molecule has 0 bridgehead atoms. The Morgan fingerprint density at radius 3 is 2.00 bits per heavy atom. The van der Waals surface area contributed by atoms with Crippen LogP contribution in [0.2, 0.25) is 0 Å². The monoisotopic (exact) mass is 429 g/mol. The number of imidazole rings is 1. The van der Waals surface area contributed by atoms with Gasteiger partial charge < -0.3 is 9.47 Å². The van der Waals surface area contributed by atoms with E-state index in [0.29, 0.717) is 5.88 Å². The van der Waals surface area contributed by atoms with E-state index in [2.05, 4.69) is 51.8 Å². The maximum atomic E-state index is 5.95. The predicted molar refractivity (Wildman–Crippen MR) is 129 cm³/mol. The molecule has 0 unspecified atom stereocenters. The van der Waals surface area contributed by atoms with Gasteiger partial charge in [0.25, 0.3) is 0 Å². The molecule has 3 heterocycles. The van der Waals surface area contributed by atoms with Crippen molar-refractivity contribution in [3.63, 3.8) is 0 Å². The van der Waals surface area contributed by atoms with Gasteiger partial charge in [-0.05, 0) is 90.4 Å². The minimum atomic E-state index is -0.275. The second-order valence-corrected chi connectivity index (χ2v) is 10.1. The summed E-state index contributed by atoms with van der Waals surface area (Å²) < 4.78 is 13.9. The smallest absolute Gasteiger partial charge is 0.213 e. The number of ether oxygens (including phenoxy) is 2. The molecule has 0 amide bonds. The number of fused-ring (bicyclic) bond motifs is 1. The zero-order valence-corrected chi connectivity index (χ0v) is 19.9. The Kier molecular flexibility index (Phi) is 5.45. The van der Waals surface area contributed by atoms with E-state index in [1.165, 1.54) is 0 Å². The van der Waals surface area contributed by atoms with Gasteiger partial charge in [-0.1, -0.05) is 0 Å². The van der Waals surface area contributed by atoms with Crippen LogP contribution in [0.1, 0.15) is 47.1 Å². The van der Waals surface area contributed by atoms with E-state index in [-0.39, 0.29) is 11.2 Å². The lowest BCUT2D eigenvalue weighted by molar-refractivity contribution is 0.124. The molecule has 0 saturated heterocycles. The van der Waals surface area contributed by atoms with Crippen LogP contribution in [0.15, 0.2) is 61.1 Å². The fourth-order valence-electron chi connectivity index (χ4n) is 3.60. The number of nitrogens with zero attached hydrogens (tertiary/aromatic N) is 3. The molecule has 3 aromatic heterocycles. The Bertz CT molecular complexity index is 1230. The van der Waals surface area contributed by atoms with Gasteiger partial charge in [-0.25, -0.2) is 9.97 Å². The summed E-state index contributed by atoms with van der Waals surface area (Å²) >= 11 is 0. The zero-order chi connectivity index (χ0) is 23.1. The molecule has 0 radical (unpaired) electrons. The SMILES string of the molecule is Cc1cc2ncc(-c3ccc(OC(C)(C)C)cc3)n2cc1-c1ccc(OC(C)(C)C)nc1. The highest BCUT2D eigenvalue weighted by molar-refractivity contribution is 5.72. The van der Waals surface area contributed by atoms with Gasteiger partial charge >= 0.3 is 0 Å². The number of aryl methyl sites for hydroxylation is 1. The van der Waals surface area contributed by atoms with Crippen LogP contribution in [-0.2, 0) is 0 Å². The lowest BCUT2D eigenvalue weighted by atomic mass is 10.0. The highest BCUT2D eigenvalue weighted by atomic mass is 16.5. The van der Waals surface area contributed by atoms with Crippen LogP contribution >= 0.6 is 0 Å². The fourth-order valence-corrected chi connectivity index (χ4v) is 3.60. The quantitative estimate of drug-likeness (QED) is 0.361. The van der Waals surface area contributed by atoms with Crippen LogP contribution in [0.3, 0.4) is 0 Å². The van der Waals surface area contributed by atoms with Gasteiger partial charge in [-0.15, -0.1) is 0 Å². The highest BCUT2D eigenvalue weighted by Gasteiger charge is 2.15. The molecule has 166 valence electrons. The standard InChI is InChI=1S/C27H31N3O2/c1-18-14-24-28-16-23(19-8-11-21(12-9-19)31-26(2,3)4)30(24)17-22(18)20-10-13-25(29-15-20)32-27(5,6)7/h8-17H,1-7H3. The number of aromatic nitrogens is 3. The molecule has 1 aromatic carbocycles. The number of rotatable bonds is 4. The van der Waals surface area contributed by atoms with Crippen molar-refractivity contribution < 1.29 is 9.47 Å². The highest BCUT2D eigenvalue weighted by Crippen LogP contribution is 2.30. The number of hydrogen-bond donors (Lipinski definition) is 0. The molecule has 0 aliphatic rings. The molecule has 4 aromatic rings. The first kappa shape index (κ1) is 21.9. The minimum absolute atomic E-state index is 0.223. The summed E-state index contributed by atoms with van der Waals surface area (Å²) in [6.45, 7) is 14.3. The van der Waals surface area contributed by atoms with Crippen LogP contribution < -0.4 is 9.47 Å². The van der Waals surface area contributed by atoms with Crippen LogP contribution in [0.4, 0.5) is 0 Å². The first-order chi connectivity index (χ1) is 15.0. The molecule has 0 N–H and O–H groups in total. The number of benzene rings is 1. The Morgan fingerprint density at radius 2 is 1.41 bits per heavy atom. The van der Waals surface area contributed by atoms with Gasteiger partial charge in [0, 0.05) is 35.2 Å². The van der Waals surface area contributed by atoms with E-state index in [9.17, 15) is 0 Å². The molecular weight excluding hydrogens is 398 g/mol. The number of pyridine rings is 2. The summed E-state index contributed by atoms with van der Waals surface area (Å²) in [7, 11) is 0. The molecule has 0 aliphatic carbocycles. The largest absolute Gasteiger partial charge is 0.488 e. The maximum absolute atomic E-state index is 5.95. The first-order valence-electron chi connectivity index (χ1n) is 10.9. The van der Waals surface area contributed by atoms with E-state index < -0.39 is 0 Å². The Balaban J connectivity index is 1.68. The summed E-state index contributed by atoms with van der Waals surface area (Å²) in [4.78, 5) is 9.13. The predicted octanol–water partition coefficient (Wildman–Crippen LogP) is 6.73. The van der Waals surface area contributed by atoms with Crippen molar-refractivity contribution in [3.05, 3.63) is 66.6 Å². The molecule has 0 fully saturated rings. The van der Waals surface area contributed by atoms with Crippen LogP contribution in [0, 0.1) is 6.92 Å². The average Bonchev–Trinajstić information content (AvgIpc) is 3.09. The van der Waals surface area contributed by atoms with Crippen molar-refractivity contribution in [3.8, 4) is 34.0 Å². The summed E-state index contributed by atoms with van der Waals surface area (Å²) in [5.74, 6) is 1.48. The lowest BCUT2D eigenvalue weighted by Gasteiger charge is -2.21. The molecule has 0 saturated carbocycles. The van der Waals surface area contributed by atoms with E-state index in [1.807, 2.05) is 72.1 Å². The van der Waals surface area contributed by atoms with Gasteiger partial charge in [0.15, 0.2) is 0 Å². The Hall–Kier alpha value is -3.34. The summed E-state index contributed by atoms with van der Waals surface area (Å²) in [5.41, 5.74) is 5.83. The van der Waals surface area contributed by atoms with E-state index in [4.69, 9.17) is 9.47 Å². The minimum Gasteiger partial charge on any atom is -0.488 e. The fraction of sp³-hybridized carbons (Fsp3) is 0.333. The van der Waals surface area contributed by atoms with Gasteiger partial charge in [-0.2, -0.15) is 0 Å². The molecule has 5 nitrogen and oxygen atoms in total. The molecule has 5 heteroatoms. The summed E-state index contributed by atoms with van der Waals surface area (Å²) in [6, 6.07) is 14.2. The third kappa shape index (κ3) is 4.93. The second-order valence-electron chi connectivity index (χ2n) is 10.1. The molecule has 0 atom stereocenters. The van der Waals surface area contributed by atoms with Crippen molar-refractivity contribution in [2.45, 2.75) is 59.7 Å². The van der Waals surface area contributed by atoms with Gasteiger partial charge in [-0.3, -0.25) is 4.40 Å². The van der Waals surface area contributed by atoms with Crippen molar-refractivity contribution in [2.24, 2.45) is 0 Å². The molecule has 32 heavy (non-hydrogen) atoms. The third-order valence-corrected chi connectivity index (χ3v) is 4.89. The maximum Gasteiger partial charge on any atom is 0.213 e. The molecule has 0 aliphatic heterocycles. The number of hydrogen-bond acceptors (Lipinski definition) is 4. The Morgan fingerprint density at radius 1 is 0.750 bits per heavy atom. The summed E-state index contributed by atoms with van der Waals surface area (Å²) in [5, 5.41) is 0. The van der Waals surface area contributed by atoms with Crippen LogP contribution in [-0.4, -0.2) is 25.6 Å². The van der Waals surface area contributed by atoms with Gasteiger partial charge in [0.2, 0.25) is 5.88 Å².